The van der Waals surface area contributed by atoms with E-state index in [1.807, 2.05) is 37.5 Å². The van der Waals surface area contributed by atoms with Gasteiger partial charge in [0.05, 0.1) is 28.4 Å². The molecule has 0 aliphatic carbocycles. The summed E-state index contributed by atoms with van der Waals surface area (Å²) in [6.07, 6.45) is 1.91. The van der Waals surface area contributed by atoms with Gasteiger partial charge in [0.2, 0.25) is 0 Å². The molecule has 1 aromatic carbocycles. The molecule has 108 valence electrons. The first-order chi connectivity index (χ1) is 10.2. The fourth-order valence-electron chi connectivity index (χ4n) is 2.40. The van der Waals surface area contributed by atoms with Crippen LogP contribution in [0.15, 0.2) is 41.9 Å². The molecule has 3 aromatic rings. The molecule has 0 radical (unpaired) electrons. The highest BCUT2D eigenvalue weighted by molar-refractivity contribution is 7.17. The van der Waals surface area contributed by atoms with Crippen molar-refractivity contribution in [1.82, 2.24) is 10.3 Å². The maximum atomic E-state index is 6.10. The van der Waals surface area contributed by atoms with E-state index < -0.39 is 0 Å². The predicted molar refractivity (Wildman–Crippen MR) is 88.5 cm³/mol. The molecule has 0 saturated heterocycles. The van der Waals surface area contributed by atoms with Gasteiger partial charge in [0.25, 0.3) is 0 Å². The Kier molecular flexibility index (Phi) is 4.10. The number of fused-ring (bicyclic) bond motifs is 1. The van der Waals surface area contributed by atoms with E-state index >= 15 is 0 Å². The first-order valence-corrected chi connectivity index (χ1v) is 7.82. The van der Waals surface area contributed by atoms with Crippen LogP contribution >= 0.6 is 22.9 Å². The predicted octanol–water partition coefficient (Wildman–Crippen LogP) is 4.27. The molecule has 21 heavy (non-hydrogen) atoms. The molecule has 1 N–H and O–H groups in total. The van der Waals surface area contributed by atoms with Crippen molar-refractivity contribution in [1.29, 1.82) is 0 Å². The number of pyridine rings is 1. The van der Waals surface area contributed by atoms with Crippen LogP contribution in [0.3, 0.4) is 0 Å². The van der Waals surface area contributed by atoms with Crippen molar-refractivity contribution >= 4 is 33.2 Å². The van der Waals surface area contributed by atoms with Crippen LogP contribution in [-0.4, -0.2) is 19.1 Å². The normalized spacial score (nSPS) is 12.5. The van der Waals surface area contributed by atoms with E-state index in [9.17, 15) is 0 Å². The highest BCUT2D eigenvalue weighted by Gasteiger charge is 2.15. The first kappa shape index (κ1) is 14.3. The van der Waals surface area contributed by atoms with E-state index in [4.69, 9.17) is 16.3 Å². The van der Waals surface area contributed by atoms with Crippen LogP contribution in [-0.2, 0) is 0 Å². The molecule has 3 nitrogen and oxygen atoms in total. The summed E-state index contributed by atoms with van der Waals surface area (Å²) in [6.45, 7) is 0. The van der Waals surface area contributed by atoms with E-state index in [0.29, 0.717) is 10.8 Å². The average Bonchev–Trinajstić information content (AvgIpc) is 2.97. The van der Waals surface area contributed by atoms with Gasteiger partial charge in [-0.3, -0.25) is 4.98 Å². The molecular weight excluding hydrogens is 304 g/mol. The third kappa shape index (κ3) is 2.75. The van der Waals surface area contributed by atoms with Crippen LogP contribution in [0.1, 0.15) is 17.2 Å². The number of ether oxygens (including phenoxy) is 1. The number of rotatable bonds is 4. The Hall–Kier alpha value is -1.62. The van der Waals surface area contributed by atoms with Gasteiger partial charge in [-0.25, -0.2) is 0 Å². The minimum absolute atomic E-state index is 0.0511. The zero-order valence-corrected chi connectivity index (χ0v) is 13.3. The number of nitrogens with one attached hydrogen (secondary N) is 1. The Labute approximate surface area is 132 Å². The lowest BCUT2D eigenvalue weighted by Gasteiger charge is -2.18. The van der Waals surface area contributed by atoms with Crippen molar-refractivity contribution in [2.75, 3.05) is 14.2 Å². The molecule has 2 heterocycles. The topological polar surface area (TPSA) is 34.1 Å². The number of methoxy groups -OCH3 is 1. The van der Waals surface area contributed by atoms with Gasteiger partial charge in [-0.1, -0.05) is 17.7 Å². The largest absolute Gasteiger partial charge is 0.495 e. The number of halogens is 1. The Morgan fingerprint density at radius 3 is 2.86 bits per heavy atom. The molecule has 0 amide bonds. The van der Waals surface area contributed by atoms with Gasteiger partial charge in [0.1, 0.15) is 5.75 Å². The van der Waals surface area contributed by atoms with E-state index in [2.05, 4.69) is 21.7 Å². The quantitative estimate of drug-likeness (QED) is 0.780. The maximum Gasteiger partial charge on any atom is 0.137 e. The number of hydrogen-bond donors (Lipinski definition) is 1. The second kappa shape index (κ2) is 6.02. The Balaban J connectivity index is 2.04. The van der Waals surface area contributed by atoms with E-state index in [0.717, 1.165) is 16.6 Å². The fraction of sp³-hybridized carbons (Fsp3) is 0.188. The molecule has 5 heteroatoms. The lowest BCUT2D eigenvalue weighted by atomic mass is 10.00. The van der Waals surface area contributed by atoms with Crippen molar-refractivity contribution in [2.45, 2.75) is 6.04 Å². The van der Waals surface area contributed by atoms with Gasteiger partial charge in [0.15, 0.2) is 0 Å². The van der Waals surface area contributed by atoms with E-state index in [-0.39, 0.29) is 6.04 Å². The number of thiophene rings is 1. The molecule has 1 atom stereocenters. The summed E-state index contributed by atoms with van der Waals surface area (Å²) >= 11 is 7.80. The SMILES string of the molecule is CNC(c1ccc(Cl)c(OC)c1)c1cnc2ccsc2c1. The standard InChI is InChI=1S/C16H15ClN2OS/c1-18-16(10-3-4-12(17)14(7-10)20-2)11-8-15-13(19-9-11)5-6-21-15/h3-9,16,18H,1-2H3. The maximum absolute atomic E-state index is 6.10. The smallest absolute Gasteiger partial charge is 0.137 e. The summed E-state index contributed by atoms with van der Waals surface area (Å²) in [4.78, 5) is 4.51. The van der Waals surface area contributed by atoms with Crippen LogP contribution < -0.4 is 10.1 Å². The van der Waals surface area contributed by atoms with Crippen LogP contribution in [0.25, 0.3) is 10.2 Å². The summed E-state index contributed by atoms with van der Waals surface area (Å²) in [5.41, 5.74) is 3.25. The minimum atomic E-state index is 0.0511. The zero-order valence-electron chi connectivity index (χ0n) is 11.8. The van der Waals surface area contributed by atoms with E-state index in [1.54, 1.807) is 18.4 Å². The minimum Gasteiger partial charge on any atom is -0.495 e. The van der Waals surface area contributed by atoms with Crippen LogP contribution in [0.4, 0.5) is 0 Å². The molecule has 1 unspecified atom stereocenters. The van der Waals surface area contributed by atoms with Crippen molar-refractivity contribution in [3.05, 3.63) is 58.1 Å². The van der Waals surface area contributed by atoms with Gasteiger partial charge < -0.3 is 10.1 Å². The molecule has 0 saturated carbocycles. The molecule has 0 aliphatic rings. The highest BCUT2D eigenvalue weighted by Crippen LogP contribution is 2.31. The van der Waals surface area contributed by atoms with Gasteiger partial charge in [0, 0.05) is 6.20 Å². The zero-order chi connectivity index (χ0) is 14.8. The van der Waals surface area contributed by atoms with Crippen molar-refractivity contribution in [3.63, 3.8) is 0 Å². The van der Waals surface area contributed by atoms with Crippen LogP contribution in [0.2, 0.25) is 5.02 Å². The van der Waals surface area contributed by atoms with Gasteiger partial charge in [-0.05, 0) is 47.8 Å². The van der Waals surface area contributed by atoms with Crippen LogP contribution in [0.5, 0.6) is 5.75 Å². The Morgan fingerprint density at radius 2 is 2.10 bits per heavy atom. The summed E-state index contributed by atoms with van der Waals surface area (Å²) in [5, 5.41) is 6.00. The Morgan fingerprint density at radius 1 is 1.24 bits per heavy atom. The molecule has 2 aromatic heterocycles. The third-order valence-corrected chi connectivity index (χ3v) is 4.62. The van der Waals surface area contributed by atoms with Gasteiger partial charge >= 0.3 is 0 Å². The summed E-state index contributed by atoms with van der Waals surface area (Å²) in [6, 6.07) is 10.1. The molecular formula is C16H15ClN2OS. The average molecular weight is 319 g/mol. The summed E-state index contributed by atoms with van der Waals surface area (Å²) in [5.74, 6) is 0.680. The highest BCUT2D eigenvalue weighted by atomic mass is 35.5. The van der Waals surface area contributed by atoms with Crippen molar-refractivity contribution in [2.24, 2.45) is 0 Å². The van der Waals surface area contributed by atoms with E-state index in [1.165, 1.54) is 4.70 Å². The van der Waals surface area contributed by atoms with Gasteiger partial charge in [-0.15, -0.1) is 11.3 Å². The number of aromatic nitrogens is 1. The van der Waals surface area contributed by atoms with Crippen molar-refractivity contribution < 1.29 is 4.74 Å². The summed E-state index contributed by atoms with van der Waals surface area (Å²) < 4.78 is 6.49. The van der Waals surface area contributed by atoms with Crippen molar-refractivity contribution in [3.8, 4) is 5.75 Å². The number of hydrogen-bond acceptors (Lipinski definition) is 4. The first-order valence-electron chi connectivity index (χ1n) is 6.57. The lowest BCUT2D eigenvalue weighted by molar-refractivity contribution is 0.414. The second-order valence-electron chi connectivity index (χ2n) is 4.69. The number of benzene rings is 1. The molecule has 0 spiro atoms. The summed E-state index contributed by atoms with van der Waals surface area (Å²) in [7, 11) is 3.56. The van der Waals surface area contributed by atoms with Crippen LogP contribution in [0, 0.1) is 0 Å². The molecule has 0 aliphatic heterocycles. The second-order valence-corrected chi connectivity index (χ2v) is 6.04. The fourth-order valence-corrected chi connectivity index (χ4v) is 3.39. The molecule has 3 rings (SSSR count). The lowest BCUT2D eigenvalue weighted by Crippen LogP contribution is -2.17. The third-order valence-electron chi connectivity index (χ3n) is 3.45. The number of nitrogens with zero attached hydrogens (tertiary/aromatic N) is 1. The molecule has 0 fully saturated rings. The van der Waals surface area contributed by atoms with Gasteiger partial charge in [-0.2, -0.15) is 0 Å². The molecule has 0 bridgehead atoms. The monoisotopic (exact) mass is 318 g/mol. The Bertz CT molecular complexity index is 772.